The van der Waals surface area contributed by atoms with Crippen molar-refractivity contribution in [2.75, 3.05) is 3.88 Å². The van der Waals surface area contributed by atoms with Crippen molar-refractivity contribution in [1.82, 2.24) is 0 Å². The van der Waals surface area contributed by atoms with E-state index < -0.39 is 10.9 Å². The van der Waals surface area contributed by atoms with E-state index >= 15 is 0 Å². The van der Waals surface area contributed by atoms with Gasteiger partial charge in [0.15, 0.2) is 0 Å². The first-order chi connectivity index (χ1) is 5.72. The molecule has 1 aromatic rings. The molecule has 0 fully saturated rings. The number of halogens is 4. The van der Waals surface area contributed by atoms with E-state index in [9.17, 15) is 0 Å². The van der Waals surface area contributed by atoms with Gasteiger partial charge in [-0.3, -0.25) is 0 Å². The van der Waals surface area contributed by atoms with Gasteiger partial charge in [0.2, 0.25) is 0 Å². The van der Waals surface area contributed by atoms with Crippen LogP contribution in [0.15, 0.2) is 24.3 Å². The molecule has 0 heterocycles. The fourth-order valence-electron chi connectivity index (χ4n) is 0.800. The Morgan fingerprint density at radius 2 is 1.46 bits per heavy atom. The van der Waals surface area contributed by atoms with Gasteiger partial charge in [0, 0.05) is 0 Å². The van der Waals surface area contributed by atoms with Crippen LogP contribution in [0.3, 0.4) is 0 Å². The van der Waals surface area contributed by atoms with Crippen LogP contribution in [0.4, 0.5) is 5.69 Å². The molecule has 0 saturated carbocycles. The van der Waals surface area contributed by atoms with Crippen LogP contribution >= 0.6 is 37.7 Å². The molecular formula is C7H8Cl4NW. The molecule has 0 aliphatic carbocycles. The Labute approximate surface area is 94.2 Å². The summed E-state index contributed by atoms with van der Waals surface area (Å²) in [6, 6.07) is 7.50. The van der Waals surface area contributed by atoms with Gasteiger partial charge in [-0.2, -0.15) is 0 Å². The maximum absolute atomic E-state index is 5.76. The quantitative estimate of drug-likeness (QED) is 0.720. The Hall–Kier alpha value is 0.868. The molecule has 1 aromatic carbocycles. The maximum atomic E-state index is 5.76. The van der Waals surface area contributed by atoms with Gasteiger partial charge in [-0.15, -0.1) is 0 Å². The molecular weight excluding hydrogens is 424 g/mol. The summed E-state index contributed by atoms with van der Waals surface area (Å²) in [5.41, 5.74) is 1.89. The van der Waals surface area contributed by atoms with Gasteiger partial charge in [0.25, 0.3) is 0 Å². The Balaban J connectivity index is 2.82. The third kappa shape index (κ3) is 5.34. The second-order valence-electron chi connectivity index (χ2n) is 2.63. The molecule has 75 valence electrons. The van der Waals surface area contributed by atoms with Gasteiger partial charge in [-0.1, -0.05) is 0 Å². The van der Waals surface area contributed by atoms with Crippen LogP contribution < -0.4 is 3.88 Å². The minimum absolute atomic E-state index is 0.741. The molecule has 1 rings (SSSR count). The molecule has 0 aliphatic rings. The van der Waals surface area contributed by atoms with Crippen LogP contribution in [0.1, 0.15) is 5.56 Å². The molecule has 0 radical (unpaired) electrons. The SMILES string of the molecule is Cc1ccc([NH][W]([Cl])([Cl])([Cl])[Cl])cc1. The third-order valence-electron chi connectivity index (χ3n) is 1.32. The normalized spacial score (nSPS) is 14.7. The molecule has 0 spiro atoms. The summed E-state index contributed by atoms with van der Waals surface area (Å²) in [6.07, 6.45) is 0. The van der Waals surface area contributed by atoms with Gasteiger partial charge in [0.1, 0.15) is 0 Å². The minimum atomic E-state index is -4.55. The van der Waals surface area contributed by atoms with Crippen molar-refractivity contribution in [2.24, 2.45) is 0 Å². The number of hydrogen-bond donors (Lipinski definition) is 1. The van der Waals surface area contributed by atoms with E-state index in [1.165, 1.54) is 0 Å². The van der Waals surface area contributed by atoms with Gasteiger partial charge in [0.05, 0.1) is 0 Å². The third-order valence-corrected chi connectivity index (χ3v) is 5.81. The first-order valence-electron chi connectivity index (χ1n) is 3.39. The molecule has 0 aliphatic heterocycles. The summed E-state index contributed by atoms with van der Waals surface area (Å²) < 4.78 is 2.75. The molecule has 0 amide bonds. The summed E-state index contributed by atoms with van der Waals surface area (Å²) in [6.45, 7) is 1.98. The second kappa shape index (κ2) is 3.79. The number of anilines is 1. The molecule has 0 saturated heterocycles. The van der Waals surface area contributed by atoms with E-state index in [4.69, 9.17) is 37.7 Å². The summed E-state index contributed by atoms with van der Waals surface area (Å²) in [7, 11) is 18.5. The first kappa shape index (κ1) is 11.9. The Kier molecular flexibility index (Phi) is 3.48. The van der Waals surface area contributed by atoms with Crippen LogP contribution in [0, 0.1) is 6.92 Å². The van der Waals surface area contributed by atoms with Crippen LogP contribution in [-0.2, 0) is 10.9 Å². The molecule has 0 atom stereocenters. The molecule has 13 heavy (non-hydrogen) atoms. The first-order valence-corrected chi connectivity index (χ1v) is 19.4. The number of benzene rings is 1. The fourth-order valence-corrected chi connectivity index (χ4v) is 5.49. The monoisotopic (exact) mass is 430 g/mol. The summed E-state index contributed by atoms with van der Waals surface area (Å²) in [4.78, 5) is 0. The topological polar surface area (TPSA) is 12.0 Å². The van der Waals surface area contributed by atoms with Gasteiger partial charge >= 0.3 is 94.9 Å². The molecule has 6 heteroatoms. The summed E-state index contributed by atoms with van der Waals surface area (Å²) >= 11 is 0. The van der Waals surface area contributed by atoms with E-state index in [0.717, 1.165) is 11.3 Å². The van der Waals surface area contributed by atoms with Crippen molar-refractivity contribution in [3.63, 3.8) is 0 Å². The zero-order valence-corrected chi connectivity index (χ0v) is 12.7. The van der Waals surface area contributed by atoms with Crippen molar-refractivity contribution < 1.29 is 10.9 Å². The molecule has 0 aromatic heterocycles. The second-order valence-corrected chi connectivity index (χ2v) is 36.1. The zero-order chi connectivity index (χ0) is 10.1. The number of nitrogens with one attached hydrogen (secondary N) is 1. The number of hydrogen-bond acceptors (Lipinski definition) is 1. The molecule has 0 bridgehead atoms. The van der Waals surface area contributed by atoms with Crippen LogP contribution in [0.25, 0.3) is 0 Å². The molecule has 1 nitrogen and oxygen atoms in total. The molecule has 1 N–H and O–H groups in total. The van der Waals surface area contributed by atoms with E-state index in [-0.39, 0.29) is 0 Å². The van der Waals surface area contributed by atoms with Crippen molar-refractivity contribution in [1.29, 1.82) is 0 Å². The average molecular weight is 432 g/mol. The summed E-state index contributed by atoms with van der Waals surface area (Å²) in [5, 5.41) is 0. The van der Waals surface area contributed by atoms with E-state index in [2.05, 4.69) is 3.88 Å². The van der Waals surface area contributed by atoms with Crippen molar-refractivity contribution in [3.05, 3.63) is 29.8 Å². The van der Waals surface area contributed by atoms with Crippen LogP contribution in [-0.4, -0.2) is 0 Å². The average Bonchev–Trinajstić information content (AvgIpc) is 1.89. The summed E-state index contributed by atoms with van der Waals surface area (Å²) in [5.74, 6) is 0. The van der Waals surface area contributed by atoms with Crippen LogP contribution in [0.5, 0.6) is 0 Å². The molecule has 0 unspecified atom stereocenters. The van der Waals surface area contributed by atoms with E-state index in [0.29, 0.717) is 0 Å². The zero-order valence-electron chi connectivity index (χ0n) is 6.73. The predicted octanol–water partition coefficient (Wildman–Crippen LogP) is 4.63. The predicted molar refractivity (Wildman–Crippen MR) is 58.2 cm³/mol. The van der Waals surface area contributed by atoms with Gasteiger partial charge in [-0.05, 0) is 0 Å². The number of aryl methyl sites for hydroxylation is 1. The van der Waals surface area contributed by atoms with E-state index in [1.807, 2.05) is 31.2 Å². The van der Waals surface area contributed by atoms with Crippen molar-refractivity contribution in [3.8, 4) is 0 Å². The fraction of sp³-hybridized carbons (Fsp3) is 0.143. The Morgan fingerprint density at radius 1 is 1.00 bits per heavy atom. The number of rotatable bonds is 2. The van der Waals surface area contributed by atoms with Crippen LogP contribution in [0.2, 0.25) is 0 Å². The van der Waals surface area contributed by atoms with Gasteiger partial charge < -0.3 is 0 Å². The standard InChI is InChI=1S/C7H8N.4ClH.W/c1-6-2-4-7(8)5-3-6;;;;;/h2-5,8H,1H3;4*1H;/q-1;;;;;+5/p-4. The van der Waals surface area contributed by atoms with Crippen molar-refractivity contribution >= 4 is 43.4 Å². The van der Waals surface area contributed by atoms with Gasteiger partial charge in [-0.25, -0.2) is 0 Å². The Bertz CT molecular complexity index is 293. The van der Waals surface area contributed by atoms with E-state index in [1.54, 1.807) is 0 Å². The van der Waals surface area contributed by atoms with Crippen molar-refractivity contribution in [2.45, 2.75) is 6.92 Å². The Morgan fingerprint density at radius 3 is 1.85 bits per heavy atom.